The molecule has 0 aliphatic carbocycles. The zero-order chi connectivity index (χ0) is 9.35. The Morgan fingerprint density at radius 3 is 2.15 bits per heavy atom. The molecule has 3 nitrogen and oxygen atoms in total. The van der Waals surface area contributed by atoms with E-state index in [4.69, 9.17) is 4.55 Å². The van der Waals surface area contributed by atoms with Gasteiger partial charge in [0.2, 0.25) is 0 Å². The van der Waals surface area contributed by atoms with E-state index in [1.54, 1.807) is 19.1 Å². The van der Waals surface area contributed by atoms with Gasteiger partial charge < -0.3 is 0 Å². The average molecular weight is 308 g/mol. The van der Waals surface area contributed by atoms with Gasteiger partial charge in [-0.2, -0.15) is 8.42 Å². The summed E-state index contributed by atoms with van der Waals surface area (Å²) in [5.41, 5.74) is 1.54. The van der Waals surface area contributed by atoms with Gasteiger partial charge in [0.05, 0.1) is 4.90 Å². The Bertz CT molecular complexity index is 398. The third-order valence-corrected chi connectivity index (χ3v) is 2.62. The Morgan fingerprint density at radius 1 is 1.23 bits per heavy atom. The summed E-state index contributed by atoms with van der Waals surface area (Å²) in [6.07, 6.45) is 0. The average Bonchev–Trinajstić information content (AvgIpc) is 1.83. The van der Waals surface area contributed by atoms with Crippen LogP contribution in [-0.2, 0) is 10.1 Å². The summed E-state index contributed by atoms with van der Waals surface area (Å²) in [5, 5.41) is 0. The summed E-state index contributed by atoms with van der Waals surface area (Å²) in [6, 6.07) is 4.76. The summed E-state index contributed by atoms with van der Waals surface area (Å²) in [7, 11) is -4.05. The number of hydrogen-bond donors (Lipinski definition) is 1. The maximum atomic E-state index is 10.7. The SMILES string of the molecule is Cc1ccc(S(=O)(=O)O)c(C)c1.[Sb]. The number of benzene rings is 1. The van der Waals surface area contributed by atoms with E-state index in [1.165, 1.54) is 6.07 Å². The van der Waals surface area contributed by atoms with Crippen LogP contribution < -0.4 is 0 Å². The zero-order valence-electron chi connectivity index (χ0n) is 7.35. The Hall–Kier alpha value is -0.0518. The van der Waals surface area contributed by atoms with Crippen LogP contribution in [0.1, 0.15) is 11.1 Å². The van der Waals surface area contributed by atoms with Gasteiger partial charge in [0.1, 0.15) is 0 Å². The van der Waals surface area contributed by atoms with Crippen LogP contribution in [0, 0.1) is 13.8 Å². The molecule has 0 atom stereocenters. The molecular weight excluding hydrogens is 298 g/mol. The second-order valence-corrected chi connectivity index (χ2v) is 4.13. The second-order valence-electron chi connectivity index (χ2n) is 2.74. The maximum absolute atomic E-state index is 10.7. The minimum absolute atomic E-state index is 0. The molecular formula is C8H10O3SSb. The molecule has 3 radical (unpaired) electrons. The molecule has 0 heterocycles. The molecule has 0 bridgehead atoms. The fourth-order valence-corrected chi connectivity index (χ4v) is 1.79. The zero-order valence-corrected chi connectivity index (χ0v) is 10.7. The molecule has 0 saturated heterocycles. The van der Waals surface area contributed by atoms with Crippen molar-refractivity contribution in [2.45, 2.75) is 18.7 Å². The fourth-order valence-electron chi connectivity index (χ4n) is 1.09. The molecule has 0 aliphatic heterocycles. The first-order valence-electron chi connectivity index (χ1n) is 3.46. The third-order valence-electron chi connectivity index (χ3n) is 1.61. The summed E-state index contributed by atoms with van der Waals surface area (Å²) in [6.45, 7) is 3.51. The summed E-state index contributed by atoms with van der Waals surface area (Å²) >= 11 is 0. The standard InChI is InChI=1S/C8H10O3S.Sb/c1-6-3-4-8(7(2)5-6)12(9,10)11;/h3-5H,1-2H3,(H,9,10,11);. The van der Waals surface area contributed by atoms with Crippen molar-refractivity contribution in [1.82, 2.24) is 0 Å². The van der Waals surface area contributed by atoms with Crippen LogP contribution in [0.25, 0.3) is 0 Å². The molecule has 1 rings (SSSR count). The largest absolute Gasteiger partial charge is 0.294 e. The molecule has 0 aliphatic rings. The van der Waals surface area contributed by atoms with Gasteiger partial charge in [-0.05, 0) is 25.5 Å². The van der Waals surface area contributed by atoms with Crippen LogP contribution in [0.4, 0.5) is 0 Å². The van der Waals surface area contributed by atoms with Gasteiger partial charge >= 0.3 is 0 Å². The molecule has 0 fully saturated rings. The first kappa shape index (κ1) is 12.9. The predicted molar refractivity (Wildman–Crippen MR) is 51.5 cm³/mol. The van der Waals surface area contributed by atoms with Gasteiger partial charge in [0.25, 0.3) is 10.1 Å². The van der Waals surface area contributed by atoms with E-state index >= 15 is 0 Å². The topological polar surface area (TPSA) is 54.4 Å². The predicted octanol–water partition coefficient (Wildman–Crippen LogP) is 1.17. The molecule has 0 unspecified atom stereocenters. The molecule has 13 heavy (non-hydrogen) atoms. The Morgan fingerprint density at radius 2 is 1.77 bits per heavy atom. The molecule has 0 saturated carbocycles. The van der Waals surface area contributed by atoms with Crippen LogP contribution in [0.5, 0.6) is 0 Å². The summed E-state index contributed by atoms with van der Waals surface area (Å²) in [4.78, 5) is -0.0203. The summed E-state index contributed by atoms with van der Waals surface area (Å²) in [5.74, 6) is 0. The van der Waals surface area contributed by atoms with E-state index in [9.17, 15) is 8.42 Å². The van der Waals surface area contributed by atoms with Crippen LogP contribution in [0.3, 0.4) is 0 Å². The molecule has 1 N–H and O–H groups in total. The Labute approximate surface area is 95.4 Å². The summed E-state index contributed by atoms with van der Waals surface area (Å²) < 4.78 is 30.2. The molecule has 0 amide bonds. The first-order chi connectivity index (χ1) is 5.41. The molecule has 0 spiro atoms. The number of hydrogen-bond acceptors (Lipinski definition) is 2. The van der Waals surface area contributed by atoms with Crippen LogP contribution in [0.2, 0.25) is 0 Å². The van der Waals surface area contributed by atoms with Gasteiger partial charge in [-0.15, -0.1) is 0 Å². The van der Waals surface area contributed by atoms with Crippen LogP contribution in [-0.4, -0.2) is 37.4 Å². The normalized spacial score (nSPS) is 10.7. The van der Waals surface area contributed by atoms with Crippen LogP contribution >= 0.6 is 0 Å². The second kappa shape index (κ2) is 4.45. The van der Waals surface area contributed by atoms with Crippen molar-refractivity contribution in [3.05, 3.63) is 29.3 Å². The van der Waals surface area contributed by atoms with Crippen LogP contribution in [0.15, 0.2) is 23.1 Å². The minimum Gasteiger partial charge on any atom is -0.282 e. The third kappa shape index (κ3) is 3.29. The van der Waals surface area contributed by atoms with E-state index in [0.717, 1.165) is 5.56 Å². The van der Waals surface area contributed by atoms with Crippen molar-refractivity contribution >= 4 is 34.5 Å². The molecule has 0 aromatic heterocycles. The molecule has 1 aromatic rings. The Kier molecular flexibility index (Phi) is 4.43. The van der Waals surface area contributed by atoms with Crippen molar-refractivity contribution in [1.29, 1.82) is 0 Å². The molecule has 71 valence electrons. The van der Waals surface area contributed by atoms with Gasteiger partial charge in [0.15, 0.2) is 0 Å². The van der Waals surface area contributed by atoms with Gasteiger partial charge in [-0.3, -0.25) is 4.55 Å². The van der Waals surface area contributed by atoms with Crippen molar-refractivity contribution < 1.29 is 13.0 Å². The van der Waals surface area contributed by atoms with Crippen molar-refractivity contribution in [2.24, 2.45) is 0 Å². The van der Waals surface area contributed by atoms with Crippen molar-refractivity contribution in [3.63, 3.8) is 0 Å². The van der Waals surface area contributed by atoms with Crippen molar-refractivity contribution in [2.75, 3.05) is 0 Å². The van der Waals surface area contributed by atoms with Gasteiger partial charge in [0, 0.05) is 24.4 Å². The number of rotatable bonds is 1. The van der Waals surface area contributed by atoms with E-state index in [0.29, 0.717) is 5.56 Å². The smallest absolute Gasteiger partial charge is 0.282 e. The van der Waals surface area contributed by atoms with Gasteiger partial charge in [-0.1, -0.05) is 17.7 Å². The minimum atomic E-state index is -4.05. The van der Waals surface area contributed by atoms with E-state index in [2.05, 4.69) is 0 Å². The first-order valence-corrected chi connectivity index (χ1v) is 4.90. The van der Waals surface area contributed by atoms with Gasteiger partial charge in [-0.25, -0.2) is 0 Å². The fraction of sp³-hybridized carbons (Fsp3) is 0.250. The molecule has 1 aromatic carbocycles. The maximum Gasteiger partial charge on any atom is 0.294 e. The van der Waals surface area contributed by atoms with E-state index < -0.39 is 10.1 Å². The molecule has 5 heteroatoms. The van der Waals surface area contributed by atoms with E-state index in [1.807, 2.05) is 6.92 Å². The quantitative estimate of drug-likeness (QED) is 0.626. The Balaban J connectivity index is 0.00000144. The monoisotopic (exact) mass is 307 g/mol. The van der Waals surface area contributed by atoms with Crippen molar-refractivity contribution in [3.8, 4) is 0 Å². The van der Waals surface area contributed by atoms with E-state index in [-0.39, 0.29) is 29.3 Å². The number of aryl methyl sites for hydroxylation is 2.